The van der Waals surface area contributed by atoms with E-state index in [1.807, 2.05) is 10.9 Å². The molecule has 130 valence electrons. The summed E-state index contributed by atoms with van der Waals surface area (Å²) < 4.78 is 7.53. The van der Waals surface area contributed by atoms with E-state index >= 15 is 0 Å². The van der Waals surface area contributed by atoms with Crippen molar-refractivity contribution in [3.8, 4) is 0 Å². The van der Waals surface area contributed by atoms with Crippen LogP contribution in [0, 0.1) is 6.92 Å². The third-order valence-corrected chi connectivity index (χ3v) is 4.62. The van der Waals surface area contributed by atoms with Gasteiger partial charge in [-0.3, -0.25) is 9.58 Å². The Balaban J connectivity index is 1.63. The van der Waals surface area contributed by atoms with Gasteiger partial charge in [-0.1, -0.05) is 30.3 Å². The van der Waals surface area contributed by atoms with Crippen LogP contribution in [0.25, 0.3) is 0 Å². The summed E-state index contributed by atoms with van der Waals surface area (Å²) in [5.41, 5.74) is 2.58. The molecule has 0 aliphatic carbocycles. The Morgan fingerprint density at radius 2 is 1.96 bits per heavy atom. The second-order valence-electron chi connectivity index (χ2n) is 6.53. The zero-order chi connectivity index (χ0) is 16.8. The minimum Gasteiger partial charge on any atom is -0.379 e. The van der Waals surface area contributed by atoms with Gasteiger partial charge in [0.05, 0.1) is 32.0 Å². The topological polar surface area (TPSA) is 42.3 Å². The Morgan fingerprint density at radius 3 is 2.62 bits per heavy atom. The lowest BCUT2D eigenvalue weighted by Gasteiger charge is -2.38. The Hall–Kier alpha value is -1.69. The molecule has 2 atom stereocenters. The molecule has 0 amide bonds. The fraction of sp³-hybridized carbons (Fsp3) is 0.526. The van der Waals surface area contributed by atoms with Gasteiger partial charge < -0.3 is 10.1 Å². The molecule has 1 saturated heterocycles. The molecule has 2 aromatic rings. The van der Waals surface area contributed by atoms with E-state index < -0.39 is 0 Å². The van der Waals surface area contributed by atoms with Crippen LogP contribution in [0.3, 0.4) is 0 Å². The Morgan fingerprint density at radius 1 is 1.21 bits per heavy atom. The minimum absolute atomic E-state index is 0.363. The predicted octanol–water partition coefficient (Wildman–Crippen LogP) is 2.24. The number of benzene rings is 1. The van der Waals surface area contributed by atoms with Crippen LogP contribution in [0.15, 0.2) is 42.7 Å². The molecule has 2 heterocycles. The van der Waals surface area contributed by atoms with Gasteiger partial charge in [-0.25, -0.2) is 0 Å². The highest BCUT2D eigenvalue weighted by molar-refractivity contribution is 5.21. The van der Waals surface area contributed by atoms with E-state index in [0.717, 1.165) is 39.4 Å². The fourth-order valence-corrected chi connectivity index (χ4v) is 3.43. The lowest BCUT2D eigenvalue weighted by Crippen LogP contribution is -2.47. The minimum atomic E-state index is 0.363. The maximum Gasteiger partial charge on any atom is 0.0594 e. The molecule has 0 unspecified atom stereocenters. The summed E-state index contributed by atoms with van der Waals surface area (Å²) in [7, 11) is 0. The summed E-state index contributed by atoms with van der Waals surface area (Å²) in [5.74, 6) is 0. The van der Waals surface area contributed by atoms with Gasteiger partial charge in [0, 0.05) is 31.9 Å². The standard InChI is InChI=1S/C19H28N4O/c1-16-14-21-23(15-16)9-8-20-17(2)19(18-6-4-3-5-7-18)22-10-12-24-13-11-22/h3-7,14-15,17,19-20H,8-13H2,1-2H3/t17-,19-/m1/s1. The van der Waals surface area contributed by atoms with E-state index in [4.69, 9.17) is 4.74 Å². The molecule has 1 fully saturated rings. The number of rotatable bonds is 7. The summed E-state index contributed by atoms with van der Waals surface area (Å²) in [6.07, 6.45) is 3.99. The van der Waals surface area contributed by atoms with Crippen molar-refractivity contribution in [2.45, 2.75) is 32.5 Å². The van der Waals surface area contributed by atoms with Gasteiger partial charge in [0.2, 0.25) is 0 Å². The maximum atomic E-state index is 5.53. The first-order valence-corrected chi connectivity index (χ1v) is 8.83. The molecular weight excluding hydrogens is 300 g/mol. The summed E-state index contributed by atoms with van der Waals surface area (Å²) in [5, 5.41) is 8.05. The number of morpholine rings is 1. The zero-order valence-corrected chi connectivity index (χ0v) is 14.7. The molecule has 5 heteroatoms. The fourth-order valence-electron chi connectivity index (χ4n) is 3.43. The van der Waals surface area contributed by atoms with Crippen molar-refractivity contribution in [1.29, 1.82) is 0 Å². The van der Waals surface area contributed by atoms with Crippen molar-refractivity contribution in [2.75, 3.05) is 32.8 Å². The average Bonchev–Trinajstić information content (AvgIpc) is 3.02. The molecule has 1 aliphatic rings. The third-order valence-electron chi connectivity index (χ3n) is 4.62. The van der Waals surface area contributed by atoms with E-state index in [1.54, 1.807) is 0 Å². The van der Waals surface area contributed by atoms with E-state index in [-0.39, 0.29) is 0 Å². The summed E-state index contributed by atoms with van der Waals surface area (Å²) in [4.78, 5) is 2.54. The largest absolute Gasteiger partial charge is 0.379 e. The highest BCUT2D eigenvalue weighted by Gasteiger charge is 2.27. The number of nitrogens with one attached hydrogen (secondary N) is 1. The molecule has 0 spiro atoms. The van der Waals surface area contributed by atoms with Crippen molar-refractivity contribution < 1.29 is 4.74 Å². The smallest absolute Gasteiger partial charge is 0.0594 e. The van der Waals surface area contributed by atoms with Crippen LogP contribution >= 0.6 is 0 Å². The number of hydrogen-bond acceptors (Lipinski definition) is 4. The van der Waals surface area contributed by atoms with Gasteiger partial charge in [-0.05, 0) is 25.0 Å². The van der Waals surface area contributed by atoms with Crippen LogP contribution in [-0.2, 0) is 11.3 Å². The maximum absolute atomic E-state index is 5.53. The Bertz CT molecular complexity index is 607. The van der Waals surface area contributed by atoms with Crippen LogP contribution in [0.4, 0.5) is 0 Å². The SMILES string of the molecule is Cc1cnn(CCN[C@H](C)[C@H](c2ccccc2)N2CCOCC2)c1. The van der Waals surface area contributed by atoms with Crippen molar-refractivity contribution in [3.05, 3.63) is 53.9 Å². The third kappa shape index (κ3) is 4.44. The molecular formula is C19H28N4O. The van der Waals surface area contributed by atoms with Gasteiger partial charge in [0.25, 0.3) is 0 Å². The van der Waals surface area contributed by atoms with Gasteiger partial charge in [0.15, 0.2) is 0 Å². The molecule has 0 bridgehead atoms. The summed E-state index contributed by atoms with van der Waals surface area (Å²) in [6.45, 7) is 9.78. The van der Waals surface area contributed by atoms with Crippen molar-refractivity contribution in [1.82, 2.24) is 20.0 Å². The number of hydrogen-bond donors (Lipinski definition) is 1. The first-order chi connectivity index (χ1) is 11.7. The van der Waals surface area contributed by atoms with E-state index in [9.17, 15) is 0 Å². The molecule has 24 heavy (non-hydrogen) atoms. The number of aromatic nitrogens is 2. The van der Waals surface area contributed by atoms with Crippen molar-refractivity contribution >= 4 is 0 Å². The molecule has 1 aromatic heterocycles. The van der Waals surface area contributed by atoms with Crippen LogP contribution in [0.2, 0.25) is 0 Å². The molecule has 0 saturated carbocycles. The highest BCUT2D eigenvalue weighted by Crippen LogP contribution is 2.25. The van der Waals surface area contributed by atoms with Gasteiger partial charge >= 0.3 is 0 Å². The number of nitrogens with zero attached hydrogens (tertiary/aromatic N) is 3. The molecule has 1 N–H and O–H groups in total. The van der Waals surface area contributed by atoms with Gasteiger partial charge in [-0.2, -0.15) is 5.10 Å². The monoisotopic (exact) mass is 328 g/mol. The molecule has 1 aromatic carbocycles. The molecule has 0 radical (unpaired) electrons. The van der Waals surface area contributed by atoms with E-state index in [2.05, 4.69) is 65.7 Å². The summed E-state index contributed by atoms with van der Waals surface area (Å²) in [6, 6.07) is 11.5. The number of ether oxygens (including phenoxy) is 1. The van der Waals surface area contributed by atoms with Crippen LogP contribution in [0.1, 0.15) is 24.1 Å². The van der Waals surface area contributed by atoms with Crippen molar-refractivity contribution in [2.24, 2.45) is 0 Å². The normalized spacial score (nSPS) is 18.4. The lowest BCUT2D eigenvalue weighted by atomic mass is 9.98. The molecule has 1 aliphatic heterocycles. The zero-order valence-electron chi connectivity index (χ0n) is 14.7. The number of aryl methyl sites for hydroxylation is 1. The van der Waals surface area contributed by atoms with Gasteiger partial charge in [0.1, 0.15) is 0 Å². The van der Waals surface area contributed by atoms with E-state index in [0.29, 0.717) is 12.1 Å². The lowest BCUT2D eigenvalue weighted by molar-refractivity contribution is 0.00865. The highest BCUT2D eigenvalue weighted by atomic mass is 16.5. The van der Waals surface area contributed by atoms with Crippen LogP contribution in [-0.4, -0.2) is 53.6 Å². The van der Waals surface area contributed by atoms with Crippen molar-refractivity contribution in [3.63, 3.8) is 0 Å². The Labute approximate surface area is 144 Å². The van der Waals surface area contributed by atoms with E-state index in [1.165, 1.54) is 11.1 Å². The first kappa shape index (κ1) is 17.1. The first-order valence-electron chi connectivity index (χ1n) is 8.83. The quantitative estimate of drug-likeness (QED) is 0.846. The summed E-state index contributed by atoms with van der Waals surface area (Å²) >= 11 is 0. The van der Waals surface area contributed by atoms with Crippen LogP contribution in [0.5, 0.6) is 0 Å². The Kier molecular flexibility index (Phi) is 6.01. The van der Waals surface area contributed by atoms with Crippen LogP contribution < -0.4 is 5.32 Å². The van der Waals surface area contributed by atoms with Gasteiger partial charge in [-0.15, -0.1) is 0 Å². The predicted molar refractivity (Wildman–Crippen MR) is 96.0 cm³/mol. The molecule has 5 nitrogen and oxygen atoms in total. The second-order valence-corrected chi connectivity index (χ2v) is 6.53. The second kappa shape index (κ2) is 8.42. The molecule has 3 rings (SSSR count). The average molecular weight is 328 g/mol.